The van der Waals surface area contributed by atoms with Crippen molar-refractivity contribution in [3.63, 3.8) is 0 Å². The summed E-state index contributed by atoms with van der Waals surface area (Å²) in [6.07, 6.45) is 2.87. The van der Waals surface area contributed by atoms with Crippen LogP contribution >= 0.6 is 0 Å². The van der Waals surface area contributed by atoms with Crippen molar-refractivity contribution < 1.29 is 18.7 Å². The van der Waals surface area contributed by atoms with Gasteiger partial charge in [0, 0.05) is 6.54 Å². The van der Waals surface area contributed by atoms with Gasteiger partial charge < -0.3 is 20.1 Å². The van der Waals surface area contributed by atoms with Gasteiger partial charge in [-0.25, -0.2) is 14.4 Å². The van der Waals surface area contributed by atoms with Gasteiger partial charge in [0.25, 0.3) is 5.91 Å². The summed E-state index contributed by atoms with van der Waals surface area (Å²) in [5.74, 6) is 1.35. The molecule has 2 N–H and O–H groups in total. The lowest BCUT2D eigenvalue weighted by atomic mass is 10.2. The number of rotatable bonds is 9. The van der Waals surface area contributed by atoms with E-state index in [-0.39, 0.29) is 17.4 Å². The highest BCUT2D eigenvalue weighted by atomic mass is 19.1. The van der Waals surface area contributed by atoms with Gasteiger partial charge in [-0.05, 0) is 42.0 Å². The van der Waals surface area contributed by atoms with Gasteiger partial charge in [0.2, 0.25) is 0 Å². The molecule has 2 aromatic carbocycles. The fraction of sp³-hybridized carbons (Fsp3) is 0.190. The quantitative estimate of drug-likeness (QED) is 0.541. The zero-order chi connectivity index (χ0) is 20.5. The lowest BCUT2D eigenvalue weighted by Gasteiger charge is -2.09. The fourth-order valence-electron chi connectivity index (χ4n) is 2.43. The predicted octanol–water partition coefficient (Wildman–Crippen LogP) is 3.05. The Balaban J connectivity index is 1.40. The SMILES string of the molecule is COc1ccc(OCCNC(=O)c2cnc(NCc3ccc(F)cc3)cn2)cc1. The van der Waals surface area contributed by atoms with Crippen molar-refractivity contribution in [1.29, 1.82) is 0 Å². The summed E-state index contributed by atoms with van der Waals surface area (Å²) >= 11 is 0. The lowest BCUT2D eigenvalue weighted by Crippen LogP contribution is -2.28. The van der Waals surface area contributed by atoms with E-state index in [1.54, 1.807) is 43.5 Å². The highest BCUT2D eigenvalue weighted by molar-refractivity contribution is 5.91. The standard InChI is InChI=1S/C21H21FN4O3/c1-28-17-6-8-18(9-7-17)29-11-10-23-21(27)19-13-26-20(14-24-19)25-12-15-2-4-16(22)5-3-15/h2-9,13-14H,10-12H2,1H3,(H,23,27)(H,25,26). The summed E-state index contributed by atoms with van der Waals surface area (Å²) in [6.45, 7) is 1.13. The van der Waals surface area contributed by atoms with E-state index in [0.717, 1.165) is 11.3 Å². The van der Waals surface area contributed by atoms with Crippen molar-refractivity contribution in [2.45, 2.75) is 6.54 Å². The number of benzene rings is 2. The van der Waals surface area contributed by atoms with Gasteiger partial charge in [-0.15, -0.1) is 0 Å². The first kappa shape index (κ1) is 20.1. The van der Waals surface area contributed by atoms with Crippen LogP contribution in [0.2, 0.25) is 0 Å². The van der Waals surface area contributed by atoms with E-state index in [2.05, 4.69) is 20.6 Å². The normalized spacial score (nSPS) is 10.3. The highest BCUT2D eigenvalue weighted by Gasteiger charge is 2.07. The van der Waals surface area contributed by atoms with Gasteiger partial charge >= 0.3 is 0 Å². The van der Waals surface area contributed by atoms with Crippen LogP contribution in [0.25, 0.3) is 0 Å². The van der Waals surface area contributed by atoms with Crippen LogP contribution in [0.1, 0.15) is 16.1 Å². The monoisotopic (exact) mass is 396 g/mol. The van der Waals surface area contributed by atoms with Crippen LogP contribution in [0.15, 0.2) is 60.9 Å². The van der Waals surface area contributed by atoms with Crippen molar-refractivity contribution in [3.05, 3.63) is 78.0 Å². The average Bonchev–Trinajstić information content (AvgIpc) is 2.77. The summed E-state index contributed by atoms with van der Waals surface area (Å²) < 4.78 is 23.5. The van der Waals surface area contributed by atoms with Crippen molar-refractivity contribution in [2.75, 3.05) is 25.6 Å². The molecule has 0 fully saturated rings. The van der Waals surface area contributed by atoms with E-state index in [9.17, 15) is 9.18 Å². The lowest BCUT2D eigenvalue weighted by molar-refractivity contribution is 0.0941. The Hall–Kier alpha value is -3.68. The first-order valence-corrected chi connectivity index (χ1v) is 8.99. The Kier molecular flexibility index (Phi) is 6.94. The fourth-order valence-corrected chi connectivity index (χ4v) is 2.43. The minimum atomic E-state index is -0.332. The molecule has 1 aromatic heterocycles. The molecule has 0 atom stereocenters. The number of hydrogen-bond donors (Lipinski definition) is 2. The Bertz CT molecular complexity index is 916. The van der Waals surface area contributed by atoms with E-state index < -0.39 is 0 Å². The summed E-state index contributed by atoms with van der Waals surface area (Å²) in [5, 5.41) is 5.80. The van der Waals surface area contributed by atoms with Crippen LogP contribution in [-0.2, 0) is 6.54 Å². The molecule has 3 rings (SSSR count). The number of nitrogens with one attached hydrogen (secondary N) is 2. The summed E-state index contributed by atoms with van der Waals surface area (Å²) in [4.78, 5) is 20.4. The third-order valence-corrected chi connectivity index (χ3v) is 3.99. The van der Waals surface area contributed by atoms with Crippen LogP contribution in [-0.4, -0.2) is 36.1 Å². The number of carbonyl (C=O) groups is 1. The van der Waals surface area contributed by atoms with Crippen molar-refractivity contribution in [2.24, 2.45) is 0 Å². The Morgan fingerprint density at radius 1 is 1.00 bits per heavy atom. The third kappa shape index (κ3) is 6.17. The van der Waals surface area contributed by atoms with E-state index >= 15 is 0 Å². The maximum absolute atomic E-state index is 12.9. The molecular weight excluding hydrogens is 375 g/mol. The highest BCUT2D eigenvalue weighted by Crippen LogP contribution is 2.16. The van der Waals surface area contributed by atoms with Gasteiger partial charge in [-0.2, -0.15) is 0 Å². The second kappa shape index (κ2) is 10.0. The van der Waals surface area contributed by atoms with E-state index in [4.69, 9.17) is 9.47 Å². The number of aromatic nitrogens is 2. The Morgan fingerprint density at radius 3 is 2.38 bits per heavy atom. The number of halogens is 1. The molecule has 0 saturated carbocycles. The van der Waals surface area contributed by atoms with Crippen LogP contribution < -0.4 is 20.1 Å². The molecule has 0 radical (unpaired) electrons. The zero-order valence-electron chi connectivity index (χ0n) is 15.9. The first-order valence-electron chi connectivity index (χ1n) is 8.99. The number of methoxy groups -OCH3 is 1. The molecule has 0 aliphatic heterocycles. The molecule has 0 spiro atoms. The Labute approximate surface area is 167 Å². The molecule has 0 unspecified atom stereocenters. The molecule has 1 amide bonds. The number of ether oxygens (including phenoxy) is 2. The minimum Gasteiger partial charge on any atom is -0.497 e. The van der Waals surface area contributed by atoms with Crippen LogP contribution in [0, 0.1) is 5.82 Å². The second-order valence-corrected chi connectivity index (χ2v) is 6.05. The summed E-state index contributed by atoms with van der Waals surface area (Å²) in [7, 11) is 1.60. The molecule has 3 aromatic rings. The molecular formula is C21H21FN4O3. The molecule has 150 valence electrons. The predicted molar refractivity (Wildman–Crippen MR) is 107 cm³/mol. The van der Waals surface area contributed by atoms with Crippen LogP contribution in [0.5, 0.6) is 11.5 Å². The zero-order valence-corrected chi connectivity index (χ0v) is 15.9. The van der Waals surface area contributed by atoms with Crippen LogP contribution in [0.4, 0.5) is 10.2 Å². The van der Waals surface area contributed by atoms with Crippen LogP contribution in [0.3, 0.4) is 0 Å². The topological polar surface area (TPSA) is 85.4 Å². The smallest absolute Gasteiger partial charge is 0.271 e. The van der Waals surface area contributed by atoms with E-state index in [1.165, 1.54) is 24.5 Å². The molecule has 0 aliphatic rings. The molecule has 7 nitrogen and oxygen atoms in total. The van der Waals surface area contributed by atoms with Crippen molar-refractivity contribution in [3.8, 4) is 11.5 Å². The number of nitrogens with zero attached hydrogens (tertiary/aromatic N) is 2. The molecule has 0 bridgehead atoms. The second-order valence-electron chi connectivity index (χ2n) is 6.05. The number of hydrogen-bond acceptors (Lipinski definition) is 6. The molecule has 0 aliphatic carbocycles. The maximum atomic E-state index is 12.9. The first-order chi connectivity index (χ1) is 14.1. The molecule has 1 heterocycles. The van der Waals surface area contributed by atoms with Gasteiger partial charge in [0.05, 0.1) is 26.0 Å². The van der Waals surface area contributed by atoms with E-state index in [1.807, 2.05) is 0 Å². The van der Waals surface area contributed by atoms with Gasteiger partial charge in [-0.3, -0.25) is 4.79 Å². The van der Waals surface area contributed by atoms with Gasteiger partial charge in [0.1, 0.15) is 35.4 Å². The summed E-state index contributed by atoms with van der Waals surface area (Å²) in [6, 6.07) is 13.4. The van der Waals surface area contributed by atoms with Gasteiger partial charge in [0.15, 0.2) is 0 Å². The van der Waals surface area contributed by atoms with E-state index in [0.29, 0.717) is 31.3 Å². The minimum absolute atomic E-state index is 0.210. The van der Waals surface area contributed by atoms with Crippen molar-refractivity contribution >= 4 is 11.7 Å². The largest absolute Gasteiger partial charge is 0.497 e. The van der Waals surface area contributed by atoms with Gasteiger partial charge in [-0.1, -0.05) is 12.1 Å². The molecule has 0 saturated heterocycles. The molecule has 29 heavy (non-hydrogen) atoms. The number of carbonyl (C=O) groups excluding carboxylic acids is 1. The number of amides is 1. The maximum Gasteiger partial charge on any atom is 0.271 e. The average molecular weight is 396 g/mol. The van der Waals surface area contributed by atoms with Crippen molar-refractivity contribution in [1.82, 2.24) is 15.3 Å². The Morgan fingerprint density at radius 2 is 1.72 bits per heavy atom. The third-order valence-electron chi connectivity index (χ3n) is 3.99. The molecule has 8 heteroatoms. The summed E-state index contributed by atoms with van der Waals surface area (Å²) in [5.41, 5.74) is 1.12. The number of anilines is 1.